The quantitative estimate of drug-likeness (QED) is 0.729. The molecule has 1 heterocycles. The zero-order valence-corrected chi connectivity index (χ0v) is 20.1. The van der Waals surface area contributed by atoms with Crippen molar-refractivity contribution in [3.8, 4) is 6.07 Å². The zero-order valence-electron chi connectivity index (χ0n) is 20.1. The van der Waals surface area contributed by atoms with Crippen LogP contribution in [0.2, 0.25) is 0 Å². The predicted octanol–water partition coefficient (Wildman–Crippen LogP) is 3.74. The highest BCUT2D eigenvalue weighted by atomic mass is 16.3. The lowest BCUT2D eigenvalue weighted by Gasteiger charge is -2.56. The standard InChI is InChI=1S/C27H37N3O3/c1-17(26(33)30-14-4-5-15-30)21-10-12-27(3)13-11-22(18(2)23(27)24(21)31)29-25(32)20-8-6-19(16-28)7-9-20/h6-9,17-18,21-24,31H,4-5,10-15H2,1-3H3,(H,29,32)/t17-,18-,21+,22-,23+,24-,27+/m0/s1. The molecule has 33 heavy (non-hydrogen) atoms. The van der Waals surface area contributed by atoms with Gasteiger partial charge in [0, 0.05) is 30.6 Å². The van der Waals surface area contributed by atoms with Crippen molar-refractivity contribution in [1.29, 1.82) is 5.26 Å². The van der Waals surface area contributed by atoms with Crippen LogP contribution in [0.4, 0.5) is 0 Å². The van der Waals surface area contributed by atoms with E-state index >= 15 is 0 Å². The molecule has 6 nitrogen and oxygen atoms in total. The average Bonchev–Trinajstić information content (AvgIpc) is 3.35. The van der Waals surface area contributed by atoms with Crippen molar-refractivity contribution in [2.75, 3.05) is 13.1 Å². The Morgan fingerprint density at radius 1 is 1.18 bits per heavy atom. The lowest BCUT2D eigenvalue weighted by atomic mass is 9.51. The highest BCUT2D eigenvalue weighted by Crippen LogP contribution is 2.55. The molecule has 0 spiro atoms. The van der Waals surface area contributed by atoms with Gasteiger partial charge in [0.25, 0.3) is 5.91 Å². The summed E-state index contributed by atoms with van der Waals surface area (Å²) in [6.45, 7) is 8.10. The van der Waals surface area contributed by atoms with E-state index in [1.807, 2.05) is 11.8 Å². The number of nitriles is 1. The predicted molar refractivity (Wildman–Crippen MR) is 126 cm³/mol. The van der Waals surface area contributed by atoms with Gasteiger partial charge in [0.1, 0.15) is 0 Å². The summed E-state index contributed by atoms with van der Waals surface area (Å²) in [5, 5.41) is 23.8. The third-order valence-electron chi connectivity index (χ3n) is 8.93. The van der Waals surface area contributed by atoms with E-state index in [4.69, 9.17) is 5.26 Å². The minimum atomic E-state index is -0.546. The van der Waals surface area contributed by atoms with Gasteiger partial charge in [-0.15, -0.1) is 0 Å². The Bertz CT molecular complexity index is 918. The number of carbonyl (C=O) groups excluding carboxylic acids is 2. The van der Waals surface area contributed by atoms with Crippen LogP contribution < -0.4 is 5.32 Å². The van der Waals surface area contributed by atoms with Gasteiger partial charge >= 0.3 is 0 Å². The van der Waals surface area contributed by atoms with E-state index in [-0.39, 0.29) is 46.9 Å². The van der Waals surface area contributed by atoms with Crippen LogP contribution in [0.15, 0.2) is 24.3 Å². The average molecular weight is 452 g/mol. The lowest BCUT2D eigenvalue weighted by Crippen LogP contribution is -2.58. The number of benzene rings is 1. The van der Waals surface area contributed by atoms with Crippen LogP contribution in [0.3, 0.4) is 0 Å². The summed E-state index contributed by atoms with van der Waals surface area (Å²) < 4.78 is 0. The number of nitrogens with one attached hydrogen (secondary N) is 1. The molecule has 1 aromatic carbocycles. The van der Waals surface area contributed by atoms with Crippen molar-refractivity contribution in [2.45, 2.75) is 71.4 Å². The highest BCUT2D eigenvalue weighted by molar-refractivity contribution is 5.94. The number of hydrogen-bond donors (Lipinski definition) is 2. The number of nitrogens with zero attached hydrogens (tertiary/aromatic N) is 2. The lowest BCUT2D eigenvalue weighted by molar-refractivity contribution is -0.149. The van der Waals surface area contributed by atoms with Crippen molar-refractivity contribution in [2.24, 2.45) is 29.1 Å². The molecule has 1 aliphatic heterocycles. The highest BCUT2D eigenvalue weighted by Gasteiger charge is 2.54. The minimum Gasteiger partial charge on any atom is -0.392 e. The van der Waals surface area contributed by atoms with Crippen LogP contribution in [0.1, 0.15) is 75.2 Å². The van der Waals surface area contributed by atoms with E-state index in [2.05, 4.69) is 25.2 Å². The molecule has 2 saturated carbocycles. The van der Waals surface area contributed by atoms with Gasteiger partial charge in [-0.3, -0.25) is 9.59 Å². The fourth-order valence-corrected chi connectivity index (χ4v) is 6.85. The molecule has 0 unspecified atom stereocenters. The van der Waals surface area contributed by atoms with Crippen molar-refractivity contribution < 1.29 is 14.7 Å². The van der Waals surface area contributed by atoms with E-state index < -0.39 is 6.10 Å². The third kappa shape index (κ3) is 4.53. The van der Waals surface area contributed by atoms with Gasteiger partial charge in [-0.25, -0.2) is 0 Å². The molecule has 3 aliphatic rings. The molecular weight excluding hydrogens is 414 g/mol. The van der Waals surface area contributed by atoms with Gasteiger partial charge in [0.2, 0.25) is 5.91 Å². The van der Waals surface area contributed by atoms with E-state index in [1.54, 1.807) is 24.3 Å². The Labute approximate surface area is 197 Å². The first-order chi connectivity index (χ1) is 15.7. The van der Waals surface area contributed by atoms with E-state index in [1.165, 1.54) is 0 Å². The van der Waals surface area contributed by atoms with Gasteiger partial charge in [0.05, 0.1) is 17.7 Å². The van der Waals surface area contributed by atoms with E-state index in [9.17, 15) is 14.7 Å². The number of rotatable bonds is 4. The molecule has 6 heteroatoms. The number of hydrogen-bond acceptors (Lipinski definition) is 4. The summed E-state index contributed by atoms with van der Waals surface area (Å²) in [5.41, 5.74) is 1.10. The molecule has 1 saturated heterocycles. The van der Waals surface area contributed by atoms with E-state index in [0.717, 1.165) is 51.6 Å². The minimum absolute atomic E-state index is 0.0239. The molecule has 2 aliphatic carbocycles. The van der Waals surface area contributed by atoms with Crippen LogP contribution in [-0.4, -0.2) is 47.1 Å². The molecule has 0 bridgehead atoms. The van der Waals surface area contributed by atoms with E-state index in [0.29, 0.717) is 11.1 Å². The molecule has 0 aromatic heterocycles. The van der Waals surface area contributed by atoms with Gasteiger partial charge in [-0.2, -0.15) is 5.26 Å². The van der Waals surface area contributed by atoms with Crippen LogP contribution >= 0.6 is 0 Å². The summed E-state index contributed by atoms with van der Waals surface area (Å²) >= 11 is 0. The van der Waals surface area contributed by atoms with Gasteiger partial charge in [-0.05, 0) is 86.0 Å². The molecular formula is C27H37N3O3. The first-order valence-corrected chi connectivity index (χ1v) is 12.5. The molecule has 1 aromatic rings. The first-order valence-electron chi connectivity index (χ1n) is 12.5. The Morgan fingerprint density at radius 3 is 2.45 bits per heavy atom. The first kappa shape index (κ1) is 23.8. The van der Waals surface area contributed by atoms with Crippen molar-refractivity contribution >= 4 is 11.8 Å². The number of likely N-dealkylation sites (tertiary alicyclic amines) is 1. The van der Waals surface area contributed by atoms with Crippen molar-refractivity contribution in [3.05, 3.63) is 35.4 Å². The monoisotopic (exact) mass is 451 g/mol. The van der Waals surface area contributed by atoms with Crippen LogP contribution in [0.25, 0.3) is 0 Å². The largest absolute Gasteiger partial charge is 0.392 e. The number of fused-ring (bicyclic) bond motifs is 1. The summed E-state index contributed by atoms with van der Waals surface area (Å²) in [5.74, 6) is -0.00760. The fourth-order valence-electron chi connectivity index (χ4n) is 6.85. The van der Waals surface area contributed by atoms with Gasteiger partial charge in [-0.1, -0.05) is 20.8 Å². The van der Waals surface area contributed by atoms with Gasteiger partial charge < -0.3 is 15.3 Å². The zero-order chi connectivity index (χ0) is 23.8. The Hall–Kier alpha value is -2.39. The molecule has 0 radical (unpaired) electrons. The molecule has 3 fully saturated rings. The van der Waals surface area contributed by atoms with Crippen molar-refractivity contribution in [1.82, 2.24) is 10.2 Å². The van der Waals surface area contributed by atoms with Crippen molar-refractivity contribution in [3.63, 3.8) is 0 Å². The Kier molecular flexibility index (Phi) is 6.81. The van der Waals surface area contributed by atoms with Gasteiger partial charge in [0.15, 0.2) is 0 Å². The number of amides is 2. The second-order valence-corrected chi connectivity index (χ2v) is 10.9. The molecule has 2 N–H and O–H groups in total. The summed E-state index contributed by atoms with van der Waals surface area (Å²) in [6, 6.07) is 8.73. The smallest absolute Gasteiger partial charge is 0.251 e. The normalized spacial score (nSPS) is 34.8. The Balaban J connectivity index is 1.47. The topological polar surface area (TPSA) is 93.4 Å². The fraction of sp³-hybridized carbons (Fsp3) is 0.667. The molecule has 4 rings (SSSR count). The number of aliphatic hydroxyl groups excluding tert-OH is 1. The second-order valence-electron chi connectivity index (χ2n) is 10.9. The third-order valence-corrected chi connectivity index (χ3v) is 8.93. The molecule has 7 atom stereocenters. The SMILES string of the molecule is C[C@@H]1[C@@H]2[C@@H](O)[C@@H]([C@H](C)C(=O)N3CCCC3)CC[C@]2(C)CC[C@@H]1NC(=O)c1ccc(C#N)cc1. The van der Waals surface area contributed by atoms with Crippen LogP contribution in [0, 0.1) is 40.4 Å². The van der Waals surface area contributed by atoms with Crippen LogP contribution in [0.5, 0.6) is 0 Å². The van der Waals surface area contributed by atoms with Crippen LogP contribution in [-0.2, 0) is 4.79 Å². The summed E-state index contributed by atoms with van der Waals surface area (Å²) in [7, 11) is 0. The maximum atomic E-state index is 13.1. The molecule has 2 amide bonds. The number of carbonyl (C=O) groups is 2. The Morgan fingerprint density at radius 2 is 1.82 bits per heavy atom. The number of aliphatic hydroxyl groups is 1. The molecule has 178 valence electrons. The maximum absolute atomic E-state index is 13.1. The summed E-state index contributed by atoms with van der Waals surface area (Å²) in [6.07, 6.45) is 5.33. The second kappa shape index (κ2) is 9.46. The maximum Gasteiger partial charge on any atom is 0.251 e. The summed E-state index contributed by atoms with van der Waals surface area (Å²) in [4.78, 5) is 27.9.